The van der Waals surface area contributed by atoms with Gasteiger partial charge >= 0.3 is 0 Å². The van der Waals surface area contributed by atoms with Gasteiger partial charge in [-0.2, -0.15) is 0 Å². The van der Waals surface area contributed by atoms with Crippen molar-refractivity contribution in [3.8, 4) is 0 Å². The minimum atomic E-state index is -1.69. The van der Waals surface area contributed by atoms with E-state index < -0.39 is 40.4 Å². The Morgan fingerprint density at radius 1 is 0.920 bits per heavy atom. The quantitative estimate of drug-likeness (QED) is 0.642. The predicted octanol–water partition coefficient (Wildman–Crippen LogP) is 3.39. The highest BCUT2D eigenvalue weighted by Crippen LogP contribution is 2.23. The number of carbonyl (C=O) groups is 2. The molecule has 2 rings (SSSR count). The van der Waals surface area contributed by atoms with Crippen LogP contribution in [0, 0.1) is 22.9 Å². The standard InChI is InChI=1S/C18H17F3N2O2/c1-18(2,16(24)22-10-11-6-4-3-5-7-11)17(25)23-13-9-8-12(19)14(20)15(13)21/h3-9H,10H2,1-2H3,(H,22,24)(H,23,25). The van der Waals surface area contributed by atoms with E-state index in [1.54, 1.807) is 0 Å². The molecule has 0 atom stereocenters. The molecule has 7 heteroatoms. The van der Waals surface area contributed by atoms with Crippen LogP contribution in [0.1, 0.15) is 19.4 Å². The van der Waals surface area contributed by atoms with Crippen LogP contribution in [0.15, 0.2) is 42.5 Å². The van der Waals surface area contributed by atoms with Gasteiger partial charge in [-0.1, -0.05) is 30.3 Å². The second-order valence-electron chi connectivity index (χ2n) is 5.97. The van der Waals surface area contributed by atoms with Gasteiger partial charge in [-0.05, 0) is 31.5 Å². The molecule has 0 aromatic heterocycles. The molecule has 0 saturated heterocycles. The average molecular weight is 350 g/mol. The molecular formula is C18H17F3N2O2. The third-order valence-corrected chi connectivity index (χ3v) is 3.71. The molecule has 0 saturated carbocycles. The molecular weight excluding hydrogens is 333 g/mol. The summed E-state index contributed by atoms with van der Waals surface area (Å²) in [6.07, 6.45) is 0. The Morgan fingerprint density at radius 3 is 2.20 bits per heavy atom. The highest BCUT2D eigenvalue weighted by molar-refractivity contribution is 6.09. The molecule has 4 nitrogen and oxygen atoms in total. The number of benzene rings is 2. The van der Waals surface area contributed by atoms with Gasteiger partial charge in [0.25, 0.3) is 0 Å². The number of amides is 2. The summed E-state index contributed by atoms with van der Waals surface area (Å²) in [5, 5.41) is 4.73. The van der Waals surface area contributed by atoms with Gasteiger partial charge in [0.05, 0.1) is 5.69 Å². The molecule has 0 radical (unpaired) electrons. The van der Waals surface area contributed by atoms with Crippen molar-refractivity contribution in [3.63, 3.8) is 0 Å². The Bertz CT molecular complexity index is 792. The summed E-state index contributed by atoms with van der Waals surface area (Å²) < 4.78 is 39.8. The first kappa shape index (κ1) is 18.5. The van der Waals surface area contributed by atoms with Gasteiger partial charge in [0, 0.05) is 6.54 Å². The number of hydrogen-bond donors (Lipinski definition) is 2. The zero-order valence-electron chi connectivity index (χ0n) is 13.7. The Labute approximate surface area is 143 Å². The first-order valence-electron chi connectivity index (χ1n) is 7.50. The van der Waals surface area contributed by atoms with Gasteiger partial charge < -0.3 is 10.6 Å². The highest BCUT2D eigenvalue weighted by Gasteiger charge is 2.36. The topological polar surface area (TPSA) is 58.2 Å². The summed E-state index contributed by atoms with van der Waals surface area (Å²) in [5.74, 6) is -6.01. The monoisotopic (exact) mass is 350 g/mol. The lowest BCUT2D eigenvalue weighted by molar-refractivity contribution is -0.138. The number of rotatable bonds is 5. The van der Waals surface area contributed by atoms with Crippen molar-refractivity contribution >= 4 is 17.5 Å². The molecule has 0 aliphatic carbocycles. The molecule has 2 amide bonds. The van der Waals surface area contributed by atoms with Crippen LogP contribution in [-0.4, -0.2) is 11.8 Å². The van der Waals surface area contributed by atoms with E-state index in [0.717, 1.165) is 11.6 Å². The Morgan fingerprint density at radius 2 is 1.56 bits per heavy atom. The van der Waals surface area contributed by atoms with Gasteiger partial charge in [0.2, 0.25) is 11.8 Å². The van der Waals surface area contributed by atoms with Crippen molar-refractivity contribution in [2.24, 2.45) is 5.41 Å². The smallest absolute Gasteiger partial charge is 0.239 e. The fraction of sp³-hybridized carbons (Fsp3) is 0.222. The van der Waals surface area contributed by atoms with E-state index in [0.29, 0.717) is 6.07 Å². The van der Waals surface area contributed by atoms with Gasteiger partial charge in [-0.15, -0.1) is 0 Å². The van der Waals surface area contributed by atoms with E-state index in [9.17, 15) is 22.8 Å². The van der Waals surface area contributed by atoms with Crippen LogP contribution < -0.4 is 10.6 Å². The molecule has 0 bridgehead atoms. The van der Waals surface area contributed by atoms with Crippen LogP contribution in [0.5, 0.6) is 0 Å². The average Bonchev–Trinajstić information content (AvgIpc) is 2.60. The van der Waals surface area contributed by atoms with Crippen LogP contribution in [0.4, 0.5) is 18.9 Å². The van der Waals surface area contributed by atoms with Crippen LogP contribution in [0.25, 0.3) is 0 Å². The van der Waals surface area contributed by atoms with Crippen LogP contribution in [-0.2, 0) is 16.1 Å². The minimum absolute atomic E-state index is 0.218. The second kappa shape index (κ2) is 7.38. The maximum atomic E-state index is 13.7. The third-order valence-electron chi connectivity index (χ3n) is 3.71. The Kier molecular flexibility index (Phi) is 5.46. The van der Waals surface area contributed by atoms with Crippen LogP contribution in [0.3, 0.4) is 0 Å². The summed E-state index contributed by atoms with van der Waals surface area (Å²) in [4.78, 5) is 24.6. The number of halogens is 3. The minimum Gasteiger partial charge on any atom is -0.351 e. The van der Waals surface area contributed by atoms with Crippen molar-refractivity contribution in [3.05, 3.63) is 65.5 Å². The number of anilines is 1. The zero-order chi connectivity index (χ0) is 18.6. The van der Waals surface area contributed by atoms with Crippen molar-refractivity contribution in [1.29, 1.82) is 0 Å². The lowest BCUT2D eigenvalue weighted by Crippen LogP contribution is -2.45. The van der Waals surface area contributed by atoms with Crippen molar-refractivity contribution in [2.75, 3.05) is 5.32 Å². The summed E-state index contributed by atoms with van der Waals surface area (Å²) in [6.45, 7) is 2.91. The lowest BCUT2D eigenvalue weighted by atomic mass is 9.90. The zero-order valence-corrected chi connectivity index (χ0v) is 13.7. The fourth-order valence-corrected chi connectivity index (χ4v) is 2.00. The molecule has 0 fully saturated rings. The SMILES string of the molecule is CC(C)(C(=O)NCc1ccccc1)C(=O)Nc1ccc(F)c(F)c1F. The van der Waals surface area contributed by atoms with Gasteiger partial charge in [0.15, 0.2) is 17.5 Å². The summed E-state index contributed by atoms with van der Waals surface area (Å²) in [6, 6.07) is 10.7. The van der Waals surface area contributed by atoms with Gasteiger partial charge in [-0.25, -0.2) is 13.2 Å². The first-order valence-corrected chi connectivity index (χ1v) is 7.50. The van der Waals surface area contributed by atoms with E-state index in [1.165, 1.54) is 13.8 Å². The molecule has 2 aromatic rings. The third kappa shape index (κ3) is 4.17. The lowest BCUT2D eigenvalue weighted by Gasteiger charge is -2.23. The van der Waals surface area contributed by atoms with Crippen molar-refractivity contribution in [2.45, 2.75) is 20.4 Å². The molecule has 0 unspecified atom stereocenters. The van der Waals surface area contributed by atoms with E-state index in [4.69, 9.17) is 0 Å². The molecule has 2 aromatic carbocycles. The Hall–Kier alpha value is -2.83. The summed E-state index contributed by atoms with van der Waals surface area (Å²) in [7, 11) is 0. The molecule has 0 spiro atoms. The molecule has 0 aliphatic rings. The van der Waals surface area contributed by atoms with E-state index in [2.05, 4.69) is 10.6 Å². The van der Waals surface area contributed by atoms with E-state index in [1.807, 2.05) is 30.3 Å². The predicted molar refractivity (Wildman–Crippen MR) is 87.0 cm³/mol. The first-order chi connectivity index (χ1) is 11.7. The number of carbonyl (C=O) groups excluding carboxylic acids is 2. The second-order valence-corrected chi connectivity index (χ2v) is 5.97. The largest absolute Gasteiger partial charge is 0.351 e. The molecule has 25 heavy (non-hydrogen) atoms. The van der Waals surface area contributed by atoms with Crippen LogP contribution in [0.2, 0.25) is 0 Å². The van der Waals surface area contributed by atoms with Gasteiger partial charge in [-0.3, -0.25) is 9.59 Å². The maximum Gasteiger partial charge on any atom is 0.239 e. The fourth-order valence-electron chi connectivity index (χ4n) is 2.00. The van der Waals surface area contributed by atoms with E-state index in [-0.39, 0.29) is 6.54 Å². The van der Waals surface area contributed by atoms with E-state index >= 15 is 0 Å². The van der Waals surface area contributed by atoms with Crippen molar-refractivity contribution < 1.29 is 22.8 Å². The number of hydrogen-bond acceptors (Lipinski definition) is 2. The van der Waals surface area contributed by atoms with Crippen LogP contribution >= 0.6 is 0 Å². The molecule has 0 heterocycles. The number of nitrogens with one attached hydrogen (secondary N) is 2. The molecule has 2 N–H and O–H groups in total. The maximum absolute atomic E-state index is 13.7. The molecule has 0 aliphatic heterocycles. The van der Waals surface area contributed by atoms with Gasteiger partial charge in [0.1, 0.15) is 5.41 Å². The normalized spacial score (nSPS) is 11.1. The summed E-state index contributed by atoms with van der Waals surface area (Å²) in [5.41, 5.74) is -1.24. The Balaban J connectivity index is 2.06. The van der Waals surface area contributed by atoms with Crippen molar-refractivity contribution in [1.82, 2.24) is 5.32 Å². The molecule has 132 valence electrons. The summed E-state index contributed by atoms with van der Waals surface area (Å²) >= 11 is 0. The highest BCUT2D eigenvalue weighted by atomic mass is 19.2.